The Bertz CT molecular complexity index is 862. The zero-order valence-electron chi connectivity index (χ0n) is 13.3. The van der Waals surface area contributed by atoms with Crippen molar-refractivity contribution in [2.24, 2.45) is 0 Å². The number of rotatable bonds is 5. The molecular formula is C17H18N6O. The summed E-state index contributed by atoms with van der Waals surface area (Å²) in [6.07, 6.45) is 4.03. The molecule has 1 saturated carbocycles. The number of likely N-dealkylation sites (N-methyl/N-ethyl adjacent to an activating group) is 1. The molecule has 1 aliphatic carbocycles. The van der Waals surface area contributed by atoms with Gasteiger partial charge in [0, 0.05) is 19.0 Å². The van der Waals surface area contributed by atoms with Crippen molar-refractivity contribution in [2.45, 2.75) is 18.4 Å². The van der Waals surface area contributed by atoms with Gasteiger partial charge in [0.05, 0.1) is 12.9 Å². The Morgan fingerprint density at radius 3 is 2.96 bits per heavy atom. The fourth-order valence-corrected chi connectivity index (χ4v) is 3.01. The Labute approximate surface area is 139 Å². The zero-order chi connectivity index (χ0) is 16.5. The van der Waals surface area contributed by atoms with Gasteiger partial charge in [-0.05, 0) is 12.0 Å². The molecule has 2 aromatic heterocycles. The third kappa shape index (κ3) is 2.80. The maximum Gasteiger partial charge on any atom is 0.239 e. The first-order valence-corrected chi connectivity index (χ1v) is 7.92. The van der Waals surface area contributed by atoms with Gasteiger partial charge in [-0.25, -0.2) is 15.0 Å². The van der Waals surface area contributed by atoms with Gasteiger partial charge >= 0.3 is 0 Å². The van der Waals surface area contributed by atoms with Crippen LogP contribution in [0.3, 0.4) is 0 Å². The highest BCUT2D eigenvalue weighted by Gasteiger charge is 2.39. The van der Waals surface area contributed by atoms with Crippen LogP contribution < -0.4 is 10.2 Å². The average Bonchev–Trinajstić information content (AvgIpc) is 3.18. The predicted octanol–water partition coefficient (Wildman–Crippen LogP) is 1.46. The summed E-state index contributed by atoms with van der Waals surface area (Å²) >= 11 is 0. The highest BCUT2D eigenvalue weighted by molar-refractivity contribution is 5.87. The number of anilines is 1. The van der Waals surface area contributed by atoms with E-state index in [-0.39, 0.29) is 18.5 Å². The van der Waals surface area contributed by atoms with Crippen molar-refractivity contribution >= 4 is 22.9 Å². The number of nitrogens with one attached hydrogen (secondary N) is 2. The first-order valence-electron chi connectivity index (χ1n) is 7.92. The van der Waals surface area contributed by atoms with Crippen molar-refractivity contribution in [1.29, 1.82) is 0 Å². The van der Waals surface area contributed by atoms with Gasteiger partial charge in [-0.2, -0.15) is 0 Å². The van der Waals surface area contributed by atoms with Crippen LogP contribution in [-0.4, -0.2) is 45.5 Å². The van der Waals surface area contributed by atoms with Crippen molar-refractivity contribution in [1.82, 2.24) is 25.3 Å². The molecule has 122 valence electrons. The van der Waals surface area contributed by atoms with Gasteiger partial charge in [0.2, 0.25) is 5.91 Å². The van der Waals surface area contributed by atoms with Crippen LogP contribution in [0.15, 0.2) is 43.0 Å². The first kappa shape index (κ1) is 14.6. The molecule has 2 heterocycles. The second kappa shape index (κ2) is 5.92. The van der Waals surface area contributed by atoms with E-state index < -0.39 is 0 Å². The number of H-pyrrole nitrogens is 1. The largest absolute Gasteiger partial charge is 0.351 e. The van der Waals surface area contributed by atoms with Crippen molar-refractivity contribution in [3.05, 3.63) is 48.5 Å². The molecular weight excluding hydrogens is 304 g/mol. The number of aromatic amines is 1. The maximum atomic E-state index is 12.3. The monoisotopic (exact) mass is 322 g/mol. The molecule has 24 heavy (non-hydrogen) atoms. The third-order valence-corrected chi connectivity index (χ3v) is 4.31. The minimum Gasteiger partial charge on any atom is -0.351 e. The Morgan fingerprint density at radius 1 is 1.29 bits per heavy atom. The van der Waals surface area contributed by atoms with Gasteiger partial charge in [0.25, 0.3) is 0 Å². The number of carbonyl (C=O) groups excluding carboxylic acids is 1. The summed E-state index contributed by atoms with van der Waals surface area (Å²) in [5.74, 6) is 1.09. The van der Waals surface area contributed by atoms with Crippen LogP contribution in [-0.2, 0) is 4.79 Å². The molecule has 1 aliphatic rings. The standard InChI is InChI=1S/C17H18N6O/c1-23(17-15-16(19-9-18-15)20-10-21-17)8-14(24)22-13-7-12(13)11-5-3-2-4-6-11/h2-6,9-10,12-13H,7-8H2,1H3,(H,22,24)(H,18,19,20,21)/t12-,13-/m1/s1. The second-order valence-corrected chi connectivity index (χ2v) is 6.08. The normalized spacial score (nSPS) is 19.2. The topological polar surface area (TPSA) is 86.8 Å². The van der Waals surface area contributed by atoms with Crippen LogP contribution in [0, 0.1) is 0 Å². The van der Waals surface area contributed by atoms with E-state index in [1.54, 1.807) is 11.2 Å². The number of benzene rings is 1. The van der Waals surface area contributed by atoms with Crippen LogP contribution >= 0.6 is 0 Å². The van der Waals surface area contributed by atoms with E-state index in [2.05, 4.69) is 37.4 Å². The summed E-state index contributed by atoms with van der Waals surface area (Å²) in [5, 5.41) is 3.10. The number of aromatic nitrogens is 4. The van der Waals surface area contributed by atoms with Crippen molar-refractivity contribution in [3.63, 3.8) is 0 Å². The van der Waals surface area contributed by atoms with Crippen molar-refractivity contribution in [2.75, 3.05) is 18.5 Å². The fourth-order valence-electron chi connectivity index (χ4n) is 3.01. The van der Waals surface area contributed by atoms with E-state index in [1.807, 2.05) is 25.2 Å². The molecule has 0 unspecified atom stereocenters. The number of fused-ring (bicyclic) bond motifs is 1. The lowest BCUT2D eigenvalue weighted by molar-refractivity contribution is -0.119. The lowest BCUT2D eigenvalue weighted by atomic mass is 10.1. The van der Waals surface area contributed by atoms with Gasteiger partial charge in [-0.3, -0.25) is 4.79 Å². The van der Waals surface area contributed by atoms with Crippen LogP contribution in [0.25, 0.3) is 11.2 Å². The molecule has 1 amide bonds. The number of nitrogens with zero attached hydrogens (tertiary/aromatic N) is 4. The third-order valence-electron chi connectivity index (χ3n) is 4.31. The molecule has 1 fully saturated rings. The molecule has 7 nitrogen and oxygen atoms in total. The number of hydrogen-bond acceptors (Lipinski definition) is 5. The SMILES string of the molecule is CN(CC(=O)N[C@@H]1C[C@@H]1c1ccccc1)c1ncnc2nc[nH]c12. The minimum absolute atomic E-state index is 0.00721. The predicted molar refractivity (Wildman–Crippen MR) is 90.7 cm³/mol. The van der Waals surface area contributed by atoms with Crippen molar-refractivity contribution in [3.8, 4) is 0 Å². The van der Waals surface area contributed by atoms with Gasteiger partial charge in [-0.15, -0.1) is 0 Å². The molecule has 3 aromatic rings. The highest BCUT2D eigenvalue weighted by Crippen LogP contribution is 2.40. The number of imidazole rings is 1. The van der Waals surface area contributed by atoms with E-state index in [1.165, 1.54) is 11.9 Å². The van der Waals surface area contributed by atoms with Crippen molar-refractivity contribution < 1.29 is 4.79 Å². The van der Waals surface area contributed by atoms with E-state index >= 15 is 0 Å². The van der Waals surface area contributed by atoms with E-state index in [0.29, 0.717) is 17.4 Å². The molecule has 0 aliphatic heterocycles. The molecule has 2 N–H and O–H groups in total. The lowest BCUT2D eigenvalue weighted by Gasteiger charge is -2.17. The average molecular weight is 322 g/mol. The summed E-state index contributed by atoms with van der Waals surface area (Å²) in [6.45, 7) is 0.239. The summed E-state index contributed by atoms with van der Waals surface area (Å²) in [5.41, 5.74) is 2.62. The van der Waals surface area contributed by atoms with Crippen LogP contribution in [0.5, 0.6) is 0 Å². The van der Waals surface area contributed by atoms with Crippen LogP contribution in [0.4, 0.5) is 5.82 Å². The van der Waals surface area contributed by atoms with E-state index in [0.717, 1.165) is 11.9 Å². The zero-order valence-corrected chi connectivity index (χ0v) is 13.3. The van der Waals surface area contributed by atoms with Crippen LogP contribution in [0.1, 0.15) is 17.9 Å². The molecule has 1 aromatic carbocycles. The number of amides is 1. The molecule has 0 bridgehead atoms. The molecule has 7 heteroatoms. The van der Waals surface area contributed by atoms with Gasteiger partial charge in [-0.1, -0.05) is 30.3 Å². The summed E-state index contributed by atoms with van der Waals surface area (Å²) in [7, 11) is 1.84. The Hall–Kier alpha value is -2.96. The fraction of sp³-hybridized carbons (Fsp3) is 0.294. The van der Waals surface area contributed by atoms with E-state index in [9.17, 15) is 4.79 Å². The smallest absolute Gasteiger partial charge is 0.239 e. The van der Waals surface area contributed by atoms with E-state index in [4.69, 9.17) is 0 Å². The van der Waals surface area contributed by atoms with Gasteiger partial charge in [0.15, 0.2) is 11.5 Å². The quantitative estimate of drug-likeness (QED) is 0.743. The number of hydrogen-bond donors (Lipinski definition) is 2. The Morgan fingerprint density at radius 2 is 2.12 bits per heavy atom. The summed E-state index contributed by atoms with van der Waals surface area (Å²) < 4.78 is 0. The molecule has 0 spiro atoms. The van der Waals surface area contributed by atoms with Crippen LogP contribution in [0.2, 0.25) is 0 Å². The molecule has 2 atom stereocenters. The minimum atomic E-state index is -0.00721. The number of carbonyl (C=O) groups is 1. The summed E-state index contributed by atoms with van der Waals surface area (Å²) in [6, 6.07) is 10.5. The maximum absolute atomic E-state index is 12.3. The highest BCUT2D eigenvalue weighted by atomic mass is 16.2. The first-order chi connectivity index (χ1) is 11.7. The Kier molecular flexibility index (Phi) is 3.60. The molecule has 0 radical (unpaired) electrons. The van der Waals surface area contributed by atoms with Gasteiger partial charge < -0.3 is 15.2 Å². The van der Waals surface area contributed by atoms with Gasteiger partial charge in [0.1, 0.15) is 11.8 Å². The Balaban J connectivity index is 1.38. The molecule has 0 saturated heterocycles. The lowest BCUT2D eigenvalue weighted by Crippen LogP contribution is -2.37. The second-order valence-electron chi connectivity index (χ2n) is 6.08. The summed E-state index contributed by atoms with van der Waals surface area (Å²) in [4.78, 5) is 29.6. The molecule has 4 rings (SSSR count).